The molecule has 0 saturated heterocycles. The normalized spacial score (nSPS) is 18.1. The van der Waals surface area contributed by atoms with Crippen LogP contribution in [0.4, 0.5) is 5.69 Å². The van der Waals surface area contributed by atoms with Crippen LogP contribution in [0.25, 0.3) is 0 Å². The summed E-state index contributed by atoms with van der Waals surface area (Å²) in [6, 6.07) is 5.81. The zero-order valence-corrected chi connectivity index (χ0v) is 11.7. The second-order valence-corrected chi connectivity index (χ2v) is 6.03. The Morgan fingerprint density at radius 2 is 2.12 bits per heavy atom. The minimum Gasteiger partial charge on any atom is -0.334 e. The average molecular weight is 267 g/mol. The Labute approximate surface area is 111 Å². The van der Waals surface area contributed by atoms with Crippen LogP contribution in [0.3, 0.4) is 0 Å². The second-order valence-electron chi connectivity index (χ2n) is 4.54. The smallest absolute Gasteiger partial charge is 0.166 e. The SMILES string of the molecule is C=C1SC(Nc2cccc(Cl)c2C)=NC1(C)C. The lowest BCUT2D eigenvalue weighted by Crippen LogP contribution is -2.13. The average Bonchev–Trinajstić information content (AvgIpc) is 2.48. The van der Waals surface area contributed by atoms with Crippen molar-refractivity contribution in [3.05, 3.63) is 40.3 Å². The van der Waals surface area contributed by atoms with Crippen LogP contribution in [0.5, 0.6) is 0 Å². The lowest BCUT2D eigenvalue weighted by molar-refractivity contribution is 0.657. The molecule has 1 aromatic carbocycles. The van der Waals surface area contributed by atoms with Crippen LogP contribution >= 0.6 is 23.4 Å². The number of halogens is 1. The highest BCUT2D eigenvalue weighted by molar-refractivity contribution is 8.17. The first-order chi connectivity index (χ1) is 7.90. The van der Waals surface area contributed by atoms with Crippen LogP contribution in [-0.4, -0.2) is 10.7 Å². The molecular weight excluding hydrogens is 252 g/mol. The number of rotatable bonds is 1. The maximum Gasteiger partial charge on any atom is 0.166 e. The number of benzene rings is 1. The summed E-state index contributed by atoms with van der Waals surface area (Å²) in [5.74, 6) is 0. The van der Waals surface area contributed by atoms with Crippen molar-refractivity contribution in [2.24, 2.45) is 4.99 Å². The molecule has 1 aliphatic heterocycles. The fourth-order valence-corrected chi connectivity index (χ4v) is 2.63. The molecule has 1 aliphatic rings. The fourth-order valence-electron chi connectivity index (χ4n) is 1.49. The molecule has 2 nitrogen and oxygen atoms in total. The van der Waals surface area contributed by atoms with Crippen molar-refractivity contribution in [1.29, 1.82) is 0 Å². The van der Waals surface area contributed by atoms with E-state index in [9.17, 15) is 0 Å². The molecular formula is C13H15ClN2S. The first-order valence-electron chi connectivity index (χ1n) is 5.39. The fraction of sp³-hybridized carbons (Fsp3) is 0.308. The standard InChI is InChI=1S/C13H15ClN2S/c1-8-10(14)6-5-7-11(8)15-12-16-13(3,4)9(2)17-12/h5-7H,2H2,1,3-4H3,(H,15,16). The van der Waals surface area contributed by atoms with E-state index in [1.165, 1.54) is 0 Å². The third kappa shape index (κ3) is 2.50. The Balaban J connectivity index is 2.24. The summed E-state index contributed by atoms with van der Waals surface area (Å²) < 4.78 is 0. The lowest BCUT2D eigenvalue weighted by atomic mass is 10.1. The zero-order chi connectivity index (χ0) is 12.6. The van der Waals surface area contributed by atoms with Crippen molar-refractivity contribution in [2.75, 3.05) is 5.32 Å². The summed E-state index contributed by atoms with van der Waals surface area (Å²) >= 11 is 7.66. The van der Waals surface area contributed by atoms with Gasteiger partial charge in [-0.2, -0.15) is 0 Å². The quantitative estimate of drug-likeness (QED) is 0.812. The van der Waals surface area contributed by atoms with E-state index in [1.807, 2.05) is 25.1 Å². The Bertz CT molecular complexity index is 506. The maximum atomic E-state index is 6.08. The molecule has 0 amide bonds. The number of hydrogen-bond donors (Lipinski definition) is 1. The summed E-state index contributed by atoms with van der Waals surface area (Å²) in [6.45, 7) is 10.1. The molecule has 0 radical (unpaired) electrons. The molecule has 4 heteroatoms. The first kappa shape index (κ1) is 12.5. The van der Waals surface area contributed by atoms with Gasteiger partial charge in [0.2, 0.25) is 0 Å². The molecule has 0 aromatic heterocycles. The second kappa shape index (κ2) is 4.39. The van der Waals surface area contributed by atoms with E-state index >= 15 is 0 Å². The summed E-state index contributed by atoms with van der Waals surface area (Å²) in [6.07, 6.45) is 0. The van der Waals surface area contributed by atoms with Gasteiger partial charge in [0, 0.05) is 15.6 Å². The zero-order valence-electron chi connectivity index (χ0n) is 10.2. The van der Waals surface area contributed by atoms with Gasteiger partial charge < -0.3 is 5.32 Å². The predicted octanol–water partition coefficient (Wildman–Crippen LogP) is 4.46. The Hall–Kier alpha value is -0.930. The Kier molecular flexibility index (Phi) is 3.23. The van der Waals surface area contributed by atoms with Crippen LogP contribution in [0, 0.1) is 6.92 Å². The molecule has 0 fully saturated rings. The monoisotopic (exact) mass is 266 g/mol. The molecule has 1 aromatic rings. The van der Waals surface area contributed by atoms with E-state index in [1.54, 1.807) is 11.8 Å². The number of aliphatic imine (C=N–C) groups is 1. The van der Waals surface area contributed by atoms with E-state index in [-0.39, 0.29) is 5.54 Å². The molecule has 0 spiro atoms. The highest BCUT2D eigenvalue weighted by atomic mass is 35.5. The van der Waals surface area contributed by atoms with E-state index in [0.717, 1.165) is 26.3 Å². The summed E-state index contributed by atoms with van der Waals surface area (Å²) in [5, 5.41) is 4.94. The molecule has 0 saturated carbocycles. The number of hydrogen-bond acceptors (Lipinski definition) is 3. The largest absolute Gasteiger partial charge is 0.334 e. The Morgan fingerprint density at radius 3 is 2.71 bits per heavy atom. The van der Waals surface area contributed by atoms with Crippen molar-refractivity contribution >= 4 is 34.2 Å². The molecule has 2 rings (SSSR count). The van der Waals surface area contributed by atoms with Gasteiger partial charge in [-0.3, -0.25) is 4.99 Å². The van der Waals surface area contributed by atoms with Crippen molar-refractivity contribution in [3.63, 3.8) is 0 Å². The van der Waals surface area contributed by atoms with Gasteiger partial charge in [0.25, 0.3) is 0 Å². The lowest BCUT2D eigenvalue weighted by Gasteiger charge is -2.12. The highest BCUT2D eigenvalue weighted by Crippen LogP contribution is 2.38. The maximum absolute atomic E-state index is 6.08. The number of nitrogens with one attached hydrogen (secondary N) is 1. The third-order valence-electron chi connectivity index (χ3n) is 2.79. The van der Waals surface area contributed by atoms with E-state index < -0.39 is 0 Å². The Morgan fingerprint density at radius 1 is 1.41 bits per heavy atom. The third-order valence-corrected chi connectivity index (χ3v) is 4.33. The van der Waals surface area contributed by atoms with Crippen molar-refractivity contribution in [3.8, 4) is 0 Å². The molecule has 90 valence electrons. The molecule has 1 N–H and O–H groups in total. The number of amidine groups is 1. The van der Waals surface area contributed by atoms with E-state index in [2.05, 4.69) is 30.7 Å². The minimum atomic E-state index is -0.195. The van der Waals surface area contributed by atoms with Crippen molar-refractivity contribution < 1.29 is 0 Å². The molecule has 17 heavy (non-hydrogen) atoms. The number of nitrogens with zero attached hydrogens (tertiary/aromatic N) is 1. The van der Waals surface area contributed by atoms with Gasteiger partial charge in [-0.1, -0.05) is 36.0 Å². The molecule has 0 bridgehead atoms. The summed E-state index contributed by atoms with van der Waals surface area (Å²) in [5.41, 5.74) is 1.83. The summed E-state index contributed by atoms with van der Waals surface area (Å²) in [4.78, 5) is 5.65. The van der Waals surface area contributed by atoms with Gasteiger partial charge in [-0.15, -0.1) is 0 Å². The molecule has 1 heterocycles. The van der Waals surface area contributed by atoms with Crippen LogP contribution in [0.15, 0.2) is 34.7 Å². The van der Waals surface area contributed by atoms with Gasteiger partial charge in [0.1, 0.15) is 0 Å². The van der Waals surface area contributed by atoms with Gasteiger partial charge in [-0.25, -0.2) is 0 Å². The highest BCUT2D eigenvalue weighted by Gasteiger charge is 2.30. The van der Waals surface area contributed by atoms with Gasteiger partial charge >= 0.3 is 0 Å². The number of anilines is 1. The topological polar surface area (TPSA) is 24.4 Å². The van der Waals surface area contributed by atoms with E-state index in [0.29, 0.717) is 0 Å². The first-order valence-corrected chi connectivity index (χ1v) is 6.59. The molecule has 0 unspecified atom stereocenters. The minimum absolute atomic E-state index is 0.195. The predicted molar refractivity (Wildman–Crippen MR) is 78.1 cm³/mol. The van der Waals surface area contributed by atoms with Crippen LogP contribution in [0.1, 0.15) is 19.4 Å². The van der Waals surface area contributed by atoms with E-state index in [4.69, 9.17) is 11.6 Å². The van der Waals surface area contributed by atoms with Crippen LogP contribution < -0.4 is 5.32 Å². The molecule has 0 aliphatic carbocycles. The van der Waals surface area contributed by atoms with Crippen molar-refractivity contribution in [1.82, 2.24) is 0 Å². The van der Waals surface area contributed by atoms with Gasteiger partial charge in [0.15, 0.2) is 5.17 Å². The van der Waals surface area contributed by atoms with Crippen LogP contribution in [0.2, 0.25) is 5.02 Å². The van der Waals surface area contributed by atoms with Gasteiger partial charge in [-0.05, 0) is 38.5 Å². The summed E-state index contributed by atoms with van der Waals surface area (Å²) in [7, 11) is 0. The number of thioether (sulfide) groups is 1. The van der Waals surface area contributed by atoms with Gasteiger partial charge in [0.05, 0.1) is 5.54 Å². The van der Waals surface area contributed by atoms with Crippen molar-refractivity contribution in [2.45, 2.75) is 26.3 Å². The molecule has 0 atom stereocenters. The van der Waals surface area contributed by atoms with Crippen LogP contribution in [-0.2, 0) is 0 Å².